The van der Waals surface area contributed by atoms with Gasteiger partial charge in [-0.15, -0.1) is 11.3 Å². The van der Waals surface area contributed by atoms with Crippen molar-refractivity contribution in [1.29, 1.82) is 0 Å². The van der Waals surface area contributed by atoms with E-state index in [2.05, 4.69) is 19.1 Å². The van der Waals surface area contributed by atoms with Gasteiger partial charge in [-0.2, -0.15) is 0 Å². The van der Waals surface area contributed by atoms with E-state index in [1.807, 2.05) is 24.3 Å². The number of rotatable bonds is 2. The standard InChI is InChI=1S/C16H12O2S/c1-10-13-4-2-3-5-14(13)19-15(10)11-6-8-12(9-7-11)16(17)18/h2-9H,1H3,(H,17,18). The molecule has 0 atom stereocenters. The van der Waals surface area contributed by atoms with Crippen molar-refractivity contribution < 1.29 is 9.90 Å². The SMILES string of the molecule is Cc1c(-c2ccc(C(=O)O)cc2)sc2ccccc12. The van der Waals surface area contributed by atoms with E-state index < -0.39 is 5.97 Å². The molecule has 19 heavy (non-hydrogen) atoms. The van der Waals surface area contributed by atoms with Crippen molar-refractivity contribution in [2.45, 2.75) is 6.92 Å². The fraction of sp³-hybridized carbons (Fsp3) is 0.0625. The molecule has 0 saturated heterocycles. The number of aryl methyl sites for hydroxylation is 1. The summed E-state index contributed by atoms with van der Waals surface area (Å²) in [6.07, 6.45) is 0. The normalized spacial score (nSPS) is 10.8. The second-order valence-electron chi connectivity index (χ2n) is 4.43. The molecule has 94 valence electrons. The molecular formula is C16H12O2S. The van der Waals surface area contributed by atoms with E-state index in [4.69, 9.17) is 5.11 Å². The van der Waals surface area contributed by atoms with Gasteiger partial charge in [0.1, 0.15) is 0 Å². The fourth-order valence-corrected chi connectivity index (χ4v) is 3.43. The fourth-order valence-electron chi connectivity index (χ4n) is 2.21. The molecule has 0 bridgehead atoms. The molecule has 0 radical (unpaired) electrons. The number of hydrogen-bond donors (Lipinski definition) is 1. The maximum atomic E-state index is 10.9. The average Bonchev–Trinajstić information content (AvgIpc) is 2.77. The first-order chi connectivity index (χ1) is 9.16. The van der Waals surface area contributed by atoms with Crippen LogP contribution in [0.3, 0.4) is 0 Å². The topological polar surface area (TPSA) is 37.3 Å². The molecule has 0 aliphatic heterocycles. The molecule has 0 amide bonds. The predicted molar refractivity (Wildman–Crippen MR) is 79.0 cm³/mol. The molecule has 1 N–H and O–H groups in total. The molecular weight excluding hydrogens is 256 g/mol. The van der Waals surface area contributed by atoms with Gasteiger partial charge in [-0.25, -0.2) is 4.79 Å². The van der Waals surface area contributed by atoms with Gasteiger partial charge in [0.15, 0.2) is 0 Å². The van der Waals surface area contributed by atoms with E-state index in [9.17, 15) is 4.79 Å². The molecule has 1 aromatic heterocycles. The number of fused-ring (bicyclic) bond motifs is 1. The monoisotopic (exact) mass is 268 g/mol. The predicted octanol–water partition coefficient (Wildman–Crippen LogP) is 4.57. The summed E-state index contributed by atoms with van der Waals surface area (Å²) in [6.45, 7) is 2.11. The Morgan fingerprint density at radius 2 is 1.74 bits per heavy atom. The lowest BCUT2D eigenvalue weighted by molar-refractivity contribution is 0.0697. The van der Waals surface area contributed by atoms with Crippen molar-refractivity contribution in [1.82, 2.24) is 0 Å². The lowest BCUT2D eigenvalue weighted by atomic mass is 10.1. The van der Waals surface area contributed by atoms with Crippen molar-refractivity contribution in [3.8, 4) is 10.4 Å². The summed E-state index contributed by atoms with van der Waals surface area (Å²) in [5, 5.41) is 10.2. The smallest absolute Gasteiger partial charge is 0.335 e. The third-order valence-electron chi connectivity index (χ3n) is 3.24. The summed E-state index contributed by atoms with van der Waals surface area (Å²) in [5.41, 5.74) is 2.65. The van der Waals surface area contributed by atoms with E-state index in [0.29, 0.717) is 5.56 Å². The molecule has 0 aliphatic rings. The Bertz CT molecular complexity index is 754. The number of carbonyl (C=O) groups is 1. The van der Waals surface area contributed by atoms with Crippen LogP contribution in [0.4, 0.5) is 0 Å². The van der Waals surface area contributed by atoms with Gasteiger partial charge in [-0.3, -0.25) is 0 Å². The van der Waals surface area contributed by atoms with Crippen LogP contribution in [-0.2, 0) is 0 Å². The van der Waals surface area contributed by atoms with Gasteiger partial charge in [0.05, 0.1) is 5.56 Å². The summed E-state index contributed by atoms with van der Waals surface area (Å²) in [5.74, 6) is -0.889. The summed E-state index contributed by atoms with van der Waals surface area (Å²) < 4.78 is 1.26. The van der Waals surface area contributed by atoms with Crippen molar-refractivity contribution in [3.05, 3.63) is 59.7 Å². The van der Waals surface area contributed by atoms with Crippen LogP contribution in [0.5, 0.6) is 0 Å². The highest BCUT2D eigenvalue weighted by Gasteiger charge is 2.10. The third-order valence-corrected chi connectivity index (χ3v) is 4.56. The van der Waals surface area contributed by atoms with Crippen molar-refractivity contribution in [3.63, 3.8) is 0 Å². The summed E-state index contributed by atoms with van der Waals surface area (Å²) in [6, 6.07) is 15.4. The van der Waals surface area contributed by atoms with Crippen LogP contribution in [-0.4, -0.2) is 11.1 Å². The second-order valence-corrected chi connectivity index (χ2v) is 5.49. The molecule has 2 aromatic carbocycles. The van der Waals surface area contributed by atoms with E-state index in [-0.39, 0.29) is 0 Å². The molecule has 0 aliphatic carbocycles. The number of thiophene rings is 1. The first-order valence-corrected chi connectivity index (χ1v) is 6.80. The van der Waals surface area contributed by atoms with Gasteiger partial charge in [0.25, 0.3) is 0 Å². The Labute approximate surface area is 114 Å². The number of aromatic carboxylic acids is 1. The van der Waals surface area contributed by atoms with Crippen LogP contribution in [0, 0.1) is 6.92 Å². The van der Waals surface area contributed by atoms with Crippen LogP contribution >= 0.6 is 11.3 Å². The minimum atomic E-state index is -0.889. The Hall–Kier alpha value is -2.13. The maximum absolute atomic E-state index is 10.9. The lowest BCUT2D eigenvalue weighted by Crippen LogP contribution is -1.94. The highest BCUT2D eigenvalue weighted by atomic mass is 32.1. The molecule has 0 saturated carbocycles. The van der Waals surface area contributed by atoms with Crippen LogP contribution in [0.2, 0.25) is 0 Å². The van der Waals surface area contributed by atoms with Crippen LogP contribution in [0.25, 0.3) is 20.5 Å². The largest absolute Gasteiger partial charge is 0.478 e. The number of hydrogen-bond acceptors (Lipinski definition) is 2. The van der Waals surface area contributed by atoms with Gasteiger partial charge >= 0.3 is 5.97 Å². The molecule has 2 nitrogen and oxygen atoms in total. The van der Waals surface area contributed by atoms with Gasteiger partial charge in [0, 0.05) is 9.58 Å². The Balaban J connectivity index is 2.13. The minimum absolute atomic E-state index is 0.322. The molecule has 3 rings (SSSR count). The molecule has 0 unspecified atom stereocenters. The molecule has 3 heteroatoms. The Kier molecular flexibility index (Phi) is 2.84. The zero-order valence-electron chi connectivity index (χ0n) is 10.4. The summed E-state index contributed by atoms with van der Waals surface area (Å²) in [7, 11) is 0. The number of carboxylic acids is 1. The van der Waals surface area contributed by atoms with Crippen molar-refractivity contribution in [2.24, 2.45) is 0 Å². The van der Waals surface area contributed by atoms with Gasteiger partial charge in [-0.1, -0.05) is 30.3 Å². The van der Waals surface area contributed by atoms with Crippen LogP contribution < -0.4 is 0 Å². The third kappa shape index (κ3) is 2.02. The Morgan fingerprint density at radius 3 is 2.37 bits per heavy atom. The molecule has 0 fully saturated rings. The van der Waals surface area contributed by atoms with Crippen molar-refractivity contribution >= 4 is 27.4 Å². The summed E-state index contributed by atoms with van der Waals surface area (Å²) in [4.78, 5) is 12.1. The molecule has 1 heterocycles. The van der Waals surface area contributed by atoms with E-state index in [0.717, 1.165) is 5.56 Å². The van der Waals surface area contributed by atoms with Crippen molar-refractivity contribution in [2.75, 3.05) is 0 Å². The van der Waals surface area contributed by atoms with Crippen LogP contribution in [0.15, 0.2) is 48.5 Å². The van der Waals surface area contributed by atoms with Gasteiger partial charge in [-0.05, 0) is 41.6 Å². The maximum Gasteiger partial charge on any atom is 0.335 e. The highest BCUT2D eigenvalue weighted by Crippen LogP contribution is 2.37. The van der Waals surface area contributed by atoms with Gasteiger partial charge < -0.3 is 5.11 Å². The minimum Gasteiger partial charge on any atom is -0.478 e. The quantitative estimate of drug-likeness (QED) is 0.739. The first kappa shape index (κ1) is 11.9. The second kappa shape index (κ2) is 4.52. The number of carboxylic acid groups (broad SMARTS) is 1. The molecule has 0 spiro atoms. The zero-order chi connectivity index (χ0) is 13.4. The van der Waals surface area contributed by atoms with Crippen LogP contribution in [0.1, 0.15) is 15.9 Å². The number of benzene rings is 2. The van der Waals surface area contributed by atoms with E-state index in [1.165, 1.54) is 20.5 Å². The zero-order valence-corrected chi connectivity index (χ0v) is 11.2. The van der Waals surface area contributed by atoms with E-state index in [1.54, 1.807) is 23.5 Å². The Morgan fingerprint density at radius 1 is 1.05 bits per heavy atom. The van der Waals surface area contributed by atoms with Gasteiger partial charge in [0.2, 0.25) is 0 Å². The lowest BCUT2D eigenvalue weighted by Gasteiger charge is -2.01. The average molecular weight is 268 g/mol. The summed E-state index contributed by atoms with van der Waals surface area (Å²) >= 11 is 1.74. The molecule has 3 aromatic rings. The highest BCUT2D eigenvalue weighted by molar-refractivity contribution is 7.22. The van der Waals surface area contributed by atoms with E-state index >= 15 is 0 Å². The first-order valence-electron chi connectivity index (χ1n) is 5.98.